The van der Waals surface area contributed by atoms with E-state index in [4.69, 9.17) is 0 Å². The zero-order chi connectivity index (χ0) is 9.00. The lowest BCUT2D eigenvalue weighted by Crippen LogP contribution is -2.50. The molecule has 0 amide bonds. The van der Waals surface area contributed by atoms with Gasteiger partial charge in [-0.1, -0.05) is 6.92 Å². The maximum absolute atomic E-state index is 3.83. The van der Waals surface area contributed by atoms with Crippen LogP contribution in [0.5, 0.6) is 0 Å². The van der Waals surface area contributed by atoms with Gasteiger partial charge in [0.15, 0.2) is 0 Å². The summed E-state index contributed by atoms with van der Waals surface area (Å²) in [6.45, 7) is 4.82. The molecule has 1 aliphatic heterocycles. The summed E-state index contributed by atoms with van der Waals surface area (Å²) < 4.78 is 0. The molecule has 3 aliphatic rings. The Bertz CT molecular complexity index is 213. The molecule has 1 heteroatoms. The van der Waals surface area contributed by atoms with Crippen LogP contribution in [-0.2, 0) is 0 Å². The van der Waals surface area contributed by atoms with Crippen LogP contribution in [0.3, 0.4) is 0 Å². The van der Waals surface area contributed by atoms with Gasteiger partial charge < -0.3 is 5.32 Å². The largest absolute Gasteiger partial charge is 0.311 e. The van der Waals surface area contributed by atoms with Gasteiger partial charge in [-0.3, -0.25) is 0 Å². The van der Waals surface area contributed by atoms with Crippen LogP contribution in [0.2, 0.25) is 0 Å². The number of nitrogens with one attached hydrogen (secondary N) is 1. The molecule has 1 heterocycles. The molecule has 13 heavy (non-hydrogen) atoms. The van der Waals surface area contributed by atoms with E-state index in [1.165, 1.54) is 25.7 Å². The van der Waals surface area contributed by atoms with Crippen molar-refractivity contribution in [3.63, 3.8) is 0 Å². The van der Waals surface area contributed by atoms with Crippen molar-refractivity contribution in [1.82, 2.24) is 5.32 Å². The van der Waals surface area contributed by atoms with Gasteiger partial charge in [0.2, 0.25) is 0 Å². The third kappa shape index (κ3) is 1.09. The molecule has 6 atom stereocenters. The number of hydrogen-bond donors (Lipinski definition) is 1. The van der Waals surface area contributed by atoms with Gasteiger partial charge in [0.05, 0.1) is 0 Å². The Morgan fingerprint density at radius 3 is 2.69 bits per heavy atom. The zero-order valence-corrected chi connectivity index (χ0v) is 8.79. The molecule has 0 spiro atoms. The average Bonchev–Trinajstić information content (AvgIpc) is 2.61. The Labute approximate surface area is 81.3 Å². The van der Waals surface area contributed by atoms with Gasteiger partial charge in [-0.05, 0) is 56.3 Å². The Morgan fingerprint density at radius 1 is 1.00 bits per heavy atom. The summed E-state index contributed by atoms with van der Waals surface area (Å²) in [6.07, 6.45) is 5.96. The van der Waals surface area contributed by atoms with E-state index >= 15 is 0 Å². The molecule has 6 unspecified atom stereocenters. The molecule has 1 saturated heterocycles. The molecule has 0 aromatic rings. The highest BCUT2D eigenvalue weighted by Gasteiger charge is 2.51. The monoisotopic (exact) mass is 179 g/mol. The van der Waals surface area contributed by atoms with E-state index in [1.54, 1.807) is 0 Å². The molecular weight excluding hydrogens is 158 g/mol. The molecule has 0 aromatic heterocycles. The highest BCUT2D eigenvalue weighted by atomic mass is 15.0. The van der Waals surface area contributed by atoms with E-state index in [1.807, 2.05) is 0 Å². The fourth-order valence-corrected chi connectivity index (χ4v) is 4.34. The second kappa shape index (κ2) is 2.73. The number of fused-ring (bicyclic) bond motifs is 5. The minimum absolute atomic E-state index is 0.788. The van der Waals surface area contributed by atoms with Crippen molar-refractivity contribution >= 4 is 0 Å². The van der Waals surface area contributed by atoms with Gasteiger partial charge in [-0.25, -0.2) is 0 Å². The summed E-state index contributed by atoms with van der Waals surface area (Å²) in [6, 6.07) is 1.70. The van der Waals surface area contributed by atoms with Crippen LogP contribution in [0.1, 0.15) is 39.5 Å². The zero-order valence-electron chi connectivity index (χ0n) is 8.79. The van der Waals surface area contributed by atoms with Crippen LogP contribution in [0.15, 0.2) is 0 Å². The van der Waals surface area contributed by atoms with Crippen LogP contribution in [0, 0.1) is 23.7 Å². The molecule has 2 aliphatic carbocycles. The first-order chi connectivity index (χ1) is 6.25. The SMILES string of the molecule is CC1CCC2C3CC(CC3C)C2N1. The molecule has 3 fully saturated rings. The lowest BCUT2D eigenvalue weighted by molar-refractivity contribution is 0.137. The summed E-state index contributed by atoms with van der Waals surface area (Å²) in [5.41, 5.74) is 0. The lowest BCUT2D eigenvalue weighted by atomic mass is 9.73. The molecule has 2 saturated carbocycles. The first-order valence-electron chi connectivity index (χ1n) is 6.01. The van der Waals surface area contributed by atoms with E-state index in [9.17, 15) is 0 Å². The molecule has 1 N–H and O–H groups in total. The van der Waals surface area contributed by atoms with Crippen LogP contribution in [0.25, 0.3) is 0 Å². The molecular formula is C12H21N. The van der Waals surface area contributed by atoms with E-state index in [-0.39, 0.29) is 0 Å². The third-order valence-electron chi connectivity index (χ3n) is 4.91. The number of piperidine rings is 1. The molecule has 0 radical (unpaired) electrons. The van der Waals surface area contributed by atoms with E-state index in [2.05, 4.69) is 19.2 Å². The van der Waals surface area contributed by atoms with Gasteiger partial charge in [0, 0.05) is 12.1 Å². The highest BCUT2D eigenvalue weighted by Crippen LogP contribution is 2.54. The van der Waals surface area contributed by atoms with Crippen LogP contribution >= 0.6 is 0 Å². The molecule has 1 nitrogen and oxygen atoms in total. The van der Waals surface area contributed by atoms with Crippen LogP contribution in [-0.4, -0.2) is 12.1 Å². The van der Waals surface area contributed by atoms with E-state index in [0.717, 1.165) is 35.8 Å². The summed E-state index contributed by atoms with van der Waals surface area (Å²) >= 11 is 0. The minimum Gasteiger partial charge on any atom is -0.311 e. The van der Waals surface area contributed by atoms with Crippen molar-refractivity contribution in [2.24, 2.45) is 23.7 Å². The van der Waals surface area contributed by atoms with Crippen LogP contribution in [0.4, 0.5) is 0 Å². The molecule has 3 rings (SSSR count). The molecule has 0 aromatic carbocycles. The van der Waals surface area contributed by atoms with Gasteiger partial charge in [0.1, 0.15) is 0 Å². The summed E-state index contributed by atoms with van der Waals surface area (Å²) in [5.74, 6) is 4.19. The normalized spacial score (nSPS) is 59.5. The van der Waals surface area contributed by atoms with Crippen molar-refractivity contribution < 1.29 is 0 Å². The van der Waals surface area contributed by atoms with E-state index < -0.39 is 0 Å². The molecule has 2 bridgehead atoms. The van der Waals surface area contributed by atoms with E-state index in [0.29, 0.717) is 0 Å². The van der Waals surface area contributed by atoms with Crippen molar-refractivity contribution in [2.45, 2.75) is 51.6 Å². The molecule has 74 valence electrons. The minimum atomic E-state index is 0.788. The first kappa shape index (κ1) is 8.28. The Balaban J connectivity index is 1.81. The second-order valence-corrected chi connectivity index (χ2v) is 5.71. The Kier molecular flexibility index (Phi) is 1.74. The Morgan fingerprint density at radius 2 is 1.85 bits per heavy atom. The summed E-state index contributed by atoms with van der Waals surface area (Å²) in [5, 5.41) is 3.83. The van der Waals surface area contributed by atoms with Crippen molar-refractivity contribution in [3.05, 3.63) is 0 Å². The predicted octanol–water partition coefficient (Wildman–Crippen LogP) is 2.42. The lowest BCUT2D eigenvalue weighted by Gasteiger charge is -2.41. The smallest absolute Gasteiger partial charge is 0.0129 e. The van der Waals surface area contributed by atoms with Gasteiger partial charge in [-0.2, -0.15) is 0 Å². The number of hydrogen-bond acceptors (Lipinski definition) is 1. The maximum Gasteiger partial charge on any atom is 0.0129 e. The predicted molar refractivity (Wildman–Crippen MR) is 54.5 cm³/mol. The fourth-order valence-electron chi connectivity index (χ4n) is 4.34. The fraction of sp³-hybridized carbons (Fsp3) is 1.00. The number of rotatable bonds is 0. The van der Waals surface area contributed by atoms with Crippen molar-refractivity contribution in [2.75, 3.05) is 0 Å². The van der Waals surface area contributed by atoms with Crippen LogP contribution < -0.4 is 5.32 Å². The van der Waals surface area contributed by atoms with Gasteiger partial charge in [0.25, 0.3) is 0 Å². The average molecular weight is 179 g/mol. The van der Waals surface area contributed by atoms with Crippen molar-refractivity contribution in [1.29, 1.82) is 0 Å². The quantitative estimate of drug-likeness (QED) is 0.602. The topological polar surface area (TPSA) is 12.0 Å². The standard InChI is InChI=1S/C12H21N/c1-7-5-9-6-11(7)10-4-3-8(2)13-12(9)10/h7-13H,3-6H2,1-2H3. The maximum atomic E-state index is 3.83. The third-order valence-corrected chi connectivity index (χ3v) is 4.91. The second-order valence-electron chi connectivity index (χ2n) is 5.71. The summed E-state index contributed by atoms with van der Waals surface area (Å²) in [7, 11) is 0. The van der Waals surface area contributed by atoms with Gasteiger partial charge >= 0.3 is 0 Å². The van der Waals surface area contributed by atoms with Gasteiger partial charge in [-0.15, -0.1) is 0 Å². The summed E-state index contributed by atoms with van der Waals surface area (Å²) in [4.78, 5) is 0. The van der Waals surface area contributed by atoms with Crippen molar-refractivity contribution in [3.8, 4) is 0 Å². The Hall–Kier alpha value is -0.0400. The first-order valence-corrected chi connectivity index (χ1v) is 6.01. The highest BCUT2D eigenvalue weighted by molar-refractivity contribution is 5.05.